The summed E-state index contributed by atoms with van der Waals surface area (Å²) < 4.78 is 6.00. The standard InChI is InChI=1S/C17H20N2O2S/c1-12-9-19(17(20)8-15-11-22-13(2)18-15)10-16(21-12)14-6-4-3-5-7-14/h3-7,11-12,16H,8-10H2,1-2H3. The molecule has 1 aromatic heterocycles. The van der Waals surface area contributed by atoms with E-state index in [4.69, 9.17) is 4.74 Å². The molecule has 0 aliphatic carbocycles. The van der Waals surface area contributed by atoms with Gasteiger partial charge in [0.2, 0.25) is 5.91 Å². The van der Waals surface area contributed by atoms with Crippen LogP contribution in [0, 0.1) is 6.92 Å². The van der Waals surface area contributed by atoms with E-state index in [9.17, 15) is 4.79 Å². The Labute approximate surface area is 134 Å². The molecule has 4 nitrogen and oxygen atoms in total. The highest BCUT2D eigenvalue weighted by atomic mass is 32.1. The first-order chi connectivity index (χ1) is 10.6. The van der Waals surface area contributed by atoms with E-state index in [1.165, 1.54) is 0 Å². The van der Waals surface area contributed by atoms with Gasteiger partial charge in [-0.1, -0.05) is 30.3 Å². The van der Waals surface area contributed by atoms with E-state index in [2.05, 4.69) is 17.1 Å². The molecule has 0 bridgehead atoms. The predicted molar refractivity (Wildman–Crippen MR) is 86.9 cm³/mol. The second kappa shape index (κ2) is 6.58. The molecule has 2 aromatic rings. The highest BCUT2D eigenvalue weighted by molar-refractivity contribution is 7.09. The first-order valence-corrected chi connectivity index (χ1v) is 8.39. The van der Waals surface area contributed by atoms with Crippen molar-refractivity contribution in [2.24, 2.45) is 0 Å². The molecule has 2 atom stereocenters. The van der Waals surface area contributed by atoms with E-state index < -0.39 is 0 Å². The summed E-state index contributed by atoms with van der Waals surface area (Å²) in [4.78, 5) is 18.8. The Balaban J connectivity index is 1.69. The molecule has 0 radical (unpaired) electrons. The van der Waals surface area contributed by atoms with Crippen LogP contribution in [0.25, 0.3) is 0 Å². The van der Waals surface area contributed by atoms with Gasteiger partial charge in [0, 0.05) is 11.9 Å². The number of rotatable bonds is 3. The maximum absolute atomic E-state index is 12.5. The van der Waals surface area contributed by atoms with Gasteiger partial charge in [0.1, 0.15) is 6.10 Å². The summed E-state index contributed by atoms with van der Waals surface area (Å²) in [6.45, 7) is 5.23. The van der Waals surface area contributed by atoms with Crippen LogP contribution >= 0.6 is 11.3 Å². The zero-order valence-corrected chi connectivity index (χ0v) is 13.7. The molecule has 0 N–H and O–H groups in total. The molecule has 0 saturated carbocycles. The fourth-order valence-corrected chi connectivity index (χ4v) is 3.38. The molecular weight excluding hydrogens is 296 g/mol. The molecule has 1 saturated heterocycles. The zero-order valence-electron chi connectivity index (χ0n) is 12.9. The molecule has 5 heteroatoms. The third kappa shape index (κ3) is 3.54. The lowest BCUT2D eigenvalue weighted by Gasteiger charge is -2.37. The largest absolute Gasteiger partial charge is 0.367 e. The molecule has 2 heterocycles. The number of aromatic nitrogens is 1. The number of amides is 1. The van der Waals surface area contributed by atoms with E-state index >= 15 is 0 Å². The van der Waals surface area contributed by atoms with Crippen LogP contribution in [0.3, 0.4) is 0 Å². The monoisotopic (exact) mass is 316 g/mol. The Morgan fingerprint density at radius 2 is 2.14 bits per heavy atom. The first-order valence-electron chi connectivity index (χ1n) is 7.51. The van der Waals surface area contributed by atoms with Crippen molar-refractivity contribution >= 4 is 17.2 Å². The van der Waals surface area contributed by atoms with E-state index in [0.29, 0.717) is 19.5 Å². The van der Waals surface area contributed by atoms with Crippen LogP contribution in [-0.4, -0.2) is 35.0 Å². The minimum Gasteiger partial charge on any atom is -0.367 e. The SMILES string of the molecule is Cc1nc(CC(=O)N2CC(C)OC(c3ccccc3)C2)cs1. The number of morpholine rings is 1. The topological polar surface area (TPSA) is 42.4 Å². The number of hydrogen-bond acceptors (Lipinski definition) is 4. The van der Waals surface area contributed by atoms with Crippen LogP contribution in [-0.2, 0) is 16.0 Å². The second-order valence-electron chi connectivity index (χ2n) is 5.68. The Hall–Kier alpha value is -1.72. The van der Waals surface area contributed by atoms with Crippen molar-refractivity contribution in [1.82, 2.24) is 9.88 Å². The predicted octanol–water partition coefficient (Wildman–Crippen LogP) is 2.98. The fraction of sp³-hybridized carbons (Fsp3) is 0.412. The van der Waals surface area contributed by atoms with E-state index in [1.807, 2.05) is 42.3 Å². The summed E-state index contributed by atoms with van der Waals surface area (Å²) >= 11 is 1.58. The molecule has 1 aliphatic heterocycles. The van der Waals surface area contributed by atoms with E-state index in [1.54, 1.807) is 11.3 Å². The minimum atomic E-state index is -0.0499. The van der Waals surface area contributed by atoms with Crippen molar-refractivity contribution < 1.29 is 9.53 Å². The molecule has 22 heavy (non-hydrogen) atoms. The number of aryl methyl sites for hydroxylation is 1. The van der Waals surface area contributed by atoms with Gasteiger partial charge in [-0.15, -0.1) is 11.3 Å². The molecule has 1 aliphatic rings. The van der Waals surface area contributed by atoms with Crippen molar-refractivity contribution in [2.75, 3.05) is 13.1 Å². The van der Waals surface area contributed by atoms with Gasteiger partial charge >= 0.3 is 0 Å². The maximum atomic E-state index is 12.5. The van der Waals surface area contributed by atoms with Gasteiger partial charge in [-0.3, -0.25) is 4.79 Å². The van der Waals surface area contributed by atoms with Crippen LogP contribution in [0.2, 0.25) is 0 Å². The van der Waals surface area contributed by atoms with Gasteiger partial charge in [0.15, 0.2) is 0 Å². The molecule has 1 fully saturated rings. The average molecular weight is 316 g/mol. The first kappa shape index (κ1) is 15.2. The number of nitrogens with zero attached hydrogens (tertiary/aromatic N) is 2. The van der Waals surface area contributed by atoms with Crippen LogP contribution in [0.5, 0.6) is 0 Å². The van der Waals surface area contributed by atoms with Crippen molar-refractivity contribution in [3.05, 3.63) is 52.0 Å². The summed E-state index contributed by atoms with van der Waals surface area (Å²) in [6, 6.07) is 10.1. The van der Waals surface area contributed by atoms with Crippen molar-refractivity contribution in [1.29, 1.82) is 0 Å². The van der Waals surface area contributed by atoms with Crippen LogP contribution in [0.15, 0.2) is 35.7 Å². The minimum absolute atomic E-state index is 0.0417. The van der Waals surface area contributed by atoms with Gasteiger partial charge in [0.05, 0.1) is 29.8 Å². The molecule has 3 rings (SSSR count). The van der Waals surface area contributed by atoms with Gasteiger partial charge in [-0.2, -0.15) is 0 Å². The highest BCUT2D eigenvalue weighted by Crippen LogP contribution is 2.25. The van der Waals surface area contributed by atoms with E-state index in [-0.39, 0.29) is 18.1 Å². The van der Waals surface area contributed by atoms with Crippen LogP contribution < -0.4 is 0 Å². The third-order valence-electron chi connectivity index (χ3n) is 3.78. The smallest absolute Gasteiger partial charge is 0.228 e. The molecule has 0 spiro atoms. The number of hydrogen-bond donors (Lipinski definition) is 0. The quantitative estimate of drug-likeness (QED) is 0.874. The fourth-order valence-electron chi connectivity index (χ4n) is 2.76. The number of carbonyl (C=O) groups excluding carboxylic acids is 1. The van der Waals surface area contributed by atoms with Gasteiger partial charge in [0.25, 0.3) is 0 Å². The lowest BCUT2D eigenvalue weighted by atomic mass is 10.1. The van der Waals surface area contributed by atoms with E-state index in [0.717, 1.165) is 16.3 Å². The number of ether oxygens (including phenoxy) is 1. The Morgan fingerprint density at radius 1 is 1.36 bits per heavy atom. The Kier molecular flexibility index (Phi) is 4.55. The third-order valence-corrected chi connectivity index (χ3v) is 4.61. The van der Waals surface area contributed by atoms with Crippen LogP contribution in [0.1, 0.15) is 29.3 Å². The van der Waals surface area contributed by atoms with Gasteiger partial charge in [-0.25, -0.2) is 4.98 Å². The van der Waals surface area contributed by atoms with Crippen LogP contribution in [0.4, 0.5) is 0 Å². The van der Waals surface area contributed by atoms with Crippen molar-refractivity contribution in [3.63, 3.8) is 0 Å². The van der Waals surface area contributed by atoms with Gasteiger partial charge in [-0.05, 0) is 19.4 Å². The van der Waals surface area contributed by atoms with Gasteiger partial charge < -0.3 is 9.64 Å². The highest BCUT2D eigenvalue weighted by Gasteiger charge is 2.29. The molecule has 116 valence electrons. The summed E-state index contributed by atoms with van der Waals surface area (Å²) in [5.41, 5.74) is 1.99. The number of thiazole rings is 1. The summed E-state index contributed by atoms with van der Waals surface area (Å²) in [6.07, 6.45) is 0.365. The summed E-state index contributed by atoms with van der Waals surface area (Å²) in [7, 11) is 0. The molecule has 1 amide bonds. The maximum Gasteiger partial charge on any atom is 0.228 e. The zero-order chi connectivity index (χ0) is 15.5. The molecule has 1 aromatic carbocycles. The second-order valence-corrected chi connectivity index (χ2v) is 6.74. The number of benzene rings is 1. The summed E-state index contributed by atoms with van der Waals surface area (Å²) in [5.74, 6) is 0.126. The normalized spacial score (nSPS) is 21.8. The lowest BCUT2D eigenvalue weighted by Crippen LogP contribution is -2.46. The number of carbonyl (C=O) groups is 1. The van der Waals surface area contributed by atoms with Crippen molar-refractivity contribution in [2.45, 2.75) is 32.5 Å². The average Bonchev–Trinajstić information content (AvgIpc) is 2.92. The van der Waals surface area contributed by atoms with Crippen molar-refractivity contribution in [3.8, 4) is 0 Å². The summed E-state index contributed by atoms with van der Waals surface area (Å²) in [5, 5.41) is 2.96. The Bertz CT molecular complexity index is 641. The molecule has 2 unspecified atom stereocenters. The lowest BCUT2D eigenvalue weighted by molar-refractivity contribution is -0.144. The Morgan fingerprint density at radius 3 is 2.82 bits per heavy atom. The molecular formula is C17H20N2O2S.